The minimum Gasteiger partial charge on any atom is -0.496 e. The Morgan fingerprint density at radius 1 is 1.22 bits per heavy atom. The summed E-state index contributed by atoms with van der Waals surface area (Å²) in [6.45, 7) is 2.14. The second-order valence-corrected chi connectivity index (χ2v) is 5.62. The molecule has 0 saturated carbocycles. The van der Waals surface area contributed by atoms with Gasteiger partial charge < -0.3 is 4.74 Å². The molecule has 0 aromatic heterocycles. The minimum absolute atomic E-state index is 0.0875. The second-order valence-electron chi connectivity index (χ2n) is 4.65. The molecular weight excluding hydrogens is 291 g/mol. The van der Waals surface area contributed by atoms with Gasteiger partial charge >= 0.3 is 0 Å². The highest BCUT2D eigenvalue weighted by Gasteiger charge is 2.29. The van der Waals surface area contributed by atoms with Crippen LogP contribution in [0.3, 0.4) is 0 Å². The Morgan fingerprint density at radius 3 is 2.39 bits per heavy atom. The number of benzene rings is 1. The number of alkyl halides is 2. The Kier molecular flexibility index (Phi) is 6.62. The lowest BCUT2D eigenvalue weighted by atomic mass is 9.81. The van der Waals surface area contributed by atoms with Gasteiger partial charge in [-0.2, -0.15) is 0 Å². The number of hydrogen-bond acceptors (Lipinski definition) is 1. The van der Waals surface area contributed by atoms with Crippen molar-refractivity contribution in [3.05, 3.63) is 28.8 Å². The van der Waals surface area contributed by atoms with Crippen LogP contribution in [0.15, 0.2) is 18.2 Å². The molecule has 4 heteroatoms. The molecule has 1 aromatic carbocycles. The summed E-state index contributed by atoms with van der Waals surface area (Å²) in [6, 6.07) is 5.65. The quantitative estimate of drug-likeness (QED) is 0.632. The van der Waals surface area contributed by atoms with Crippen molar-refractivity contribution < 1.29 is 4.74 Å². The lowest BCUT2D eigenvalue weighted by Crippen LogP contribution is -2.28. The molecular formula is C14H19Cl3O. The monoisotopic (exact) mass is 308 g/mol. The van der Waals surface area contributed by atoms with E-state index in [9.17, 15) is 0 Å². The first-order chi connectivity index (χ1) is 8.60. The van der Waals surface area contributed by atoms with E-state index < -0.39 is 0 Å². The molecule has 0 atom stereocenters. The molecule has 1 rings (SSSR count). The maximum absolute atomic E-state index is 6.13. The highest BCUT2D eigenvalue weighted by atomic mass is 35.5. The maximum atomic E-state index is 6.13. The number of methoxy groups -OCH3 is 1. The zero-order chi connectivity index (χ0) is 13.6. The molecule has 0 fully saturated rings. The normalized spacial score (nSPS) is 11.6. The van der Waals surface area contributed by atoms with Crippen molar-refractivity contribution in [1.82, 2.24) is 0 Å². The van der Waals surface area contributed by atoms with Crippen LogP contribution in [0.4, 0.5) is 0 Å². The second kappa shape index (κ2) is 7.47. The maximum Gasteiger partial charge on any atom is 0.122 e. The third-order valence-corrected chi connectivity index (χ3v) is 4.52. The summed E-state index contributed by atoms with van der Waals surface area (Å²) in [5.41, 5.74) is 0.982. The molecule has 0 heterocycles. The van der Waals surface area contributed by atoms with E-state index in [1.807, 2.05) is 18.2 Å². The molecule has 0 bridgehead atoms. The predicted molar refractivity (Wildman–Crippen MR) is 80.5 cm³/mol. The van der Waals surface area contributed by atoms with Crippen LogP contribution in [-0.4, -0.2) is 18.9 Å². The molecule has 0 unspecified atom stereocenters. The van der Waals surface area contributed by atoms with Crippen LogP contribution in [0, 0.1) is 5.41 Å². The molecule has 0 aliphatic heterocycles. The Hall–Kier alpha value is -0.110. The average Bonchev–Trinajstić information content (AvgIpc) is 2.38. The van der Waals surface area contributed by atoms with Crippen molar-refractivity contribution >= 4 is 34.8 Å². The standard InChI is InChI=1S/C14H19Cl3O/c1-3-6-14(9-15,10-16)8-11-7-12(17)4-5-13(11)18-2/h4-5,7H,3,6,8-10H2,1-2H3. The smallest absolute Gasteiger partial charge is 0.122 e. The summed E-state index contributed by atoms with van der Waals surface area (Å²) in [4.78, 5) is 0. The topological polar surface area (TPSA) is 9.23 Å². The van der Waals surface area contributed by atoms with Crippen LogP contribution in [0.5, 0.6) is 5.75 Å². The molecule has 0 aliphatic carbocycles. The molecule has 0 aliphatic rings. The van der Waals surface area contributed by atoms with Crippen LogP contribution in [-0.2, 0) is 6.42 Å². The van der Waals surface area contributed by atoms with Crippen LogP contribution in [0.2, 0.25) is 5.02 Å². The van der Waals surface area contributed by atoms with Gasteiger partial charge in [0, 0.05) is 22.2 Å². The van der Waals surface area contributed by atoms with Gasteiger partial charge in [0.1, 0.15) is 5.75 Å². The van der Waals surface area contributed by atoms with Crippen molar-refractivity contribution in [3.8, 4) is 5.75 Å². The molecule has 0 saturated heterocycles. The zero-order valence-corrected chi connectivity index (χ0v) is 13.1. The molecule has 1 nitrogen and oxygen atoms in total. The van der Waals surface area contributed by atoms with E-state index in [4.69, 9.17) is 39.5 Å². The molecule has 0 N–H and O–H groups in total. The van der Waals surface area contributed by atoms with Gasteiger partial charge in [-0.15, -0.1) is 23.2 Å². The minimum atomic E-state index is -0.0875. The van der Waals surface area contributed by atoms with Gasteiger partial charge in [0.25, 0.3) is 0 Å². The summed E-state index contributed by atoms with van der Waals surface area (Å²) in [5, 5.41) is 0.709. The van der Waals surface area contributed by atoms with E-state index in [1.165, 1.54) is 0 Å². The van der Waals surface area contributed by atoms with Gasteiger partial charge in [0.05, 0.1) is 7.11 Å². The average molecular weight is 310 g/mol. The predicted octanol–water partition coefficient (Wildman–Crippen LogP) is 5.16. The highest BCUT2D eigenvalue weighted by molar-refractivity contribution is 6.30. The van der Waals surface area contributed by atoms with Gasteiger partial charge in [-0.1, -0.05) is 24.9 Å². The largest absolute Gasteiger partial charge is 0.496 e. The first-order valence-corrected chi connectivity index (χ1v) is 7.50. The molecule has 0 amide bonds. The third kappa shape index (κ3) is 3.94. The van der Waals surface area contributed by atoms with Crippen molar-refractivity contribution in [1.29, 1.82) is 0 Å². The summed E-state index contributed by atoms with van der Waals surface area (Å²) in [7, 11) is 1.66. The van der Waals surface area contributed by atoms with E-state index in [-0.39, 0.29) is 5.41 Å². The number of ether oxygens (including phenoxy) is 1. The molecule has 1 aromatic rings. The molecule has 102 valence electrons. The van der Waals surface area contributed by atoms with Gasteiger partial charge in [-0.05, 0) is 36.6 Å². The summed E-state index contributed by atoms with van der Waals surface area (Å²) >= 11 is 18.3. The first kappa shape index (κ1) is 15.9. The van der Waals surface area contributed by atoms with E-state index in [0.717, 1.165) is 30.6 Å². The Balaban J connectivity index is 3.02. The highest BCUT2D eigenvalue weighted by Crippen LogP contribution is 2.35. The van der Waals surface area contributed by atoms with Gasteiger partial charge in [0.2, 0.25) is 0 Å². The van der Waals surface area contributed by atoms with Gasteiger partial charge in [0.15, 0.2) is 0 Å². The van der Waals surface area contributed by atoms with Crippen molar-refractivity contribution in [2.24, 2.45) is 5.41 Å². The molecule has 0 spiro atoms. The van der Waals surface area contributed by atoms with Crippen LogP contribution >= 0.6 is 34.8 Å². The lowest BCUT2D eigenvalue weighted by molar-refractivity contribution is 0.331. The SMILES string of the molecule is CCCC(CCl)(CCl)Cc1cc(Cl)ccc1OC. The van der Waals surface area contributed by atoms with Crippen LogP contribution < -0.4 is 4.74 Å². The van der Waals surface area contributed by atoms with Crippen LogP contribution in [0.25, 0.3) is 0 Å². The fraction of sp³-hybridized carbons (Fsp3) is 0.571. The van der Waals surface area contributed by atoms with Gasteiger partial charge in [-0.3, -0.25) is 0 Å². The molecule has 0 radical (unpaired) electrons. The Labute approximate surface area is 124 Å². The van der Waals surface area contributed by atoms with Crippen molar-refractivity contribution in [2.75, 3.05) is 18.9 Å². The Morgan fingerprint density at radius 2 is 1.89 bits per heavy atom. The number of rotatable bonds is 7. The zero-order valence-electron chi connectivity index (χ0n) is 10.8. The fourth-order valence-corrected chi connectivity index (χ4v) is 3.11. The molecule has 18 heavy (non-hydrogen) atoms. The third-order valence-electron chi connectivity index (χ3n) is 3.16. The number of hydrogen-bond donors (Lipinski definition) is 0. The van der Waals surface area contributed by atoms with Crippen LogP contribution in [0.1, 0.15) is 25.3 Å². The first-order valence-electron chi connectivity index (χ1n) is 6.05. The Bertz CT molecular complexity index is 375. The van der Waals surface area contributed by atoms with E-state index in [1.54, 1.807) is 7.11 Å². The summed E-state index contributed by atoms with van der Waals surface area (Å²) in [6.07, 6.45) is 2.84. The van der Waals surface area contributed by atoms with Crippen molar-refractivity contribution in [3.63, 3.8) is 0 Å². The van der Waals surface area contributed by atoms with Gasteiger partial charge in [-0.25, -0.2) is 0 Å². The van der Waals surface area contributed by atoms with E-state index >= 15 is 0 Å². The van der Waals surface area contributed by atoms with Crippen molar-refractivity contribution in [2.45, 2.75) is 26.2 Å². The van der Waals surface area contributed by atoms with E-state index in [0.29, 0.717) is 16.8 Å². The summed E-state index contributed by atoms with van der Waals surface area (Å²) in [5.74, 6) is 1.93. The fourth-order valence-electron chi connectivity index (χ4n) is 2.17. The lowest BCUT2D eigenvalue weighted by Gasteiger charge is -2.30. The number of halogens is 3. The summed E-state index contributed by atoms with van der Waals surface area (Å²) < 4.78 is 5.37. The van der Waals surface area contributed by atoms with E-state index in [2.05, 4.69) is 6.92 Å².